The standard InChI is InChI=1S/C9H21O4P/c1-5-8(6-2)9(4,7-3)13-14(10,11)12/h8H,5-7H2,1-4H3,(H2,10,11,12). The summed E-state index contributed by atoms with van der Waals surface area (Å²) in [7, 11) is -4.38. The molecule has 0 radical (unpaired) electrons. The first-order valence-corrected chi connectivity index (χ1v) is 6.58. The molecule has 0 aromatic heterocycles. The Morgan fingerprint density at radius 2 is 1.71 bits per heavy atom. The summed E-state index contributed by atoms with van der Waals surface area (Å²) in [5.74, 6) is 0.181. The summed E-state index contributed by atoms with van der Waals surface area (Å²) >= 11 is 0. The van der Waals surface area contributed by atoms with Gasteiger partial charge in [0, 0.05) is 0 Å². The highest BCUT2D eigenvalue weighted by Crippen LogP contribution is 2.46. The second-order valence-electron chi connectivity index (χ2n) is 3.76. The third kappa shape index (κ3) is 4.09. The van der Waals surface area contributed by atoms with Gasteiger partial charge >= 0.3 is 7.82 Å². The molecule has 5 heteroatoms. The minimum atomic E-state index is -4.38. The van der Waals surface area contributed by atoms with Crippen molar-refractivity contribution in [3.05, 3.63) is 0 Å². The van der Waals surface area contributed by atoms with Crippen LogP contribution in [0, 0.1) is 5.92 Å². The third-order valence-electron chi connectivity index (χ3n) is 2.88. The first-order chi connectivity index (χ1) is 6.29. The van der Waals surface area contributed by atoms with E-state index < -0.39 is 13.4 Å². The molecule has 14 heavy (non-hydrogen) atoms. The Hall–Kier alpha value is 0.110. The van der Waals surface area contributed by atoms with Gasteiger partial charge in [0.15, 0.2) is 0 Å². The molecule has 1 unspecified atom stereocenters. The monoisotopic (exact) mass is 224 g/mol. The molecule has 0 rings (SSSR count). The molecule has 2 N–H and O–H groups in total. The van der Waals surface area contributed by atoms with Crippen LogP contribution in [0.3, 0.4) is 0 Å². The Kier molecular flexibility index (Phi) is 5.31. The van der Waals surface area contributed by atoms with Gasteiger partial charge in [-0.1, -0.05) is 33.6 Å². The molecule has 0 saturated carbocycles. The molecule has 0 aromatic rings. The minimum absolute atomic E-state index is 0.181. The molecule has 0 aromatic carbocycles. The smallest absolute Gasteiger partial charge is 0.303 e. The fraction of sp³-hybridized carbons (Fsp3) is 1.00. The second kappa shape index (κ2) is 5.26. The van der Waals surface area contributed by atoms with E-state index in [-0.39, 0.29) is 5.92 Å². The maximum Gasteiger partial charge on any atom is 0.470 e. The van der Waals surface area contributed by atoms with Crippen LogP contribution in [0.15, 0.2) is 0 Å². The van der Waals surface area contributed by atoms with Gasteiger partial charge in [-0.25, -0.2) is 4.57 Å². The van der Waals surface area contributed by atoms with Crippen LogP contribution in [-0.2, 0) is 9.09 Å². The predicted molar refractivity (Wildman–Crippen MR) is 55.9 cm³/mol. The van der Waals surface area contributed by atoms with Crippen LogP contribution < -0.4 is 0 Å². The summed E-state index contributed by atoms with van der Waals surface area (Å²) in [6.07, 6.45) is 2.33. The van der Waals surface area contributed by atoms with Crippen molar-refractivity contribution < 1.29 is 18.9 Å². The Balaban J connectivity index is 4.69. The van der Waals surface area contributed by atoms with Gasteiger partial charge < -0.3 is 9.79 Å². The Morgan fingerprint density at radius 3 is 1.93 bits per heavy atom. The predicted octanol–water partition coefficient (Wildman–Crippen LogP) is 2.70. The van der Waals surface area contributed by atoms with E-state index in [2.05, 4.69) is 0 Å². The van der Waals surface area contributed by atoms with Crippen LogP contribution in [0.1, 0.15) is 47.0 Å². The van der Waals surface area contributed by atoms with E-state index in [0.29, 0.717) is 6.42 Å². The maximum atomic E-state index is 10.8. The molecular weight excluding hydrogens is 203 g/mol. The molecule has 0 saturated heterocycles. The number of phosphoric ester groups is 1. The molecule has 0 amide bonds. The number of phosphoric acid groups is 1. The highest BCUT2D eigenvalue weighted by atomic mass is 31.2. The van der Waals surface area contributed by atoms with Crippen LogP contribution in [0.5, 0.6) is 0 Å². The second-order valence-corrected chi connectivity index (χ2v) is 4.93. The third-order valence-corrected chi connectivity index (χ3v) is 3.53. The summed E-state index contributed by atoms with van der Waals surface area (Å²) in [5, 5.41) is 0. The zero-order valence-electron chi connectivity index (χ0n) is 9.36. The molecule has 0 aliphatic rings. The largest absolute Gasteiger partial charge is 0.470 e. The Labute approximate surface area is 85.9 Å². The number of hydrogen-bond acceptors (Lipinski definition) is 2. The van der Waals surface area contributed by atoms with E-state index in [0.717, 1.165) is 12.8 Å². The van der Waals surface area contributed by atoms with Gasteiger partial charge in [0.2, 0.25) is 0 Å². The molecule has 0 heterocycles. The lowest BCUT2D eigenvalue weighted by atomic mass is 9.83. The summed E-state index contributed by atoms with van der Waals surface area (Å²) in [4.78, 5) is 17.6. The van der Waals surface area contributed by atoms with Crippen molar-refractivity contribution in [1.82, 2.24) is 0 Å². The van der Waals surface area contributed by atoms with Crippen LogP contribution in [0.25, 0.3) is 0 Å². The van der Waals surface area contributed by atoms with Gasteiger partial charge in [-0.2, -0.15) is 0 Å². The van der Waals surface area contributed by atoms with E-state index in [1.807, 2.05) is 20.8 Å². The van der Waals surface area contributed by atoms with Gasteiger partial charge in [0.05, 0.1) is 5.60 Å². The summed E-state index contributed by atoms with van der Waals surface area (Å²) in [6, 6.07) is 0. The van der Waals surface area contributed by atoms with Gasteiger partial charge in [0.25, 0.3) is 0 Å². The molecule has 0 aliphatic carbocycles. The fourth-order valence-electron chi connectivity index (χ4n) is 1.85. The summed E-state index contributed by atoms with van der Waals surface area (Å²) in [6.45, 7) is 7.66. The molecular formula is C9H21O4P. The Morgan fingerprint density at radius 1 is 1.29 bits per heavy atom. The van der Waals surface area contributed by atoms with Gasteiger partial charge in [-0.05, 0) is 19.3 Å². The van der Waals surface area contributed by atoms with Crippen LogP contribution >= 0.6 is 7.82 Å². The SMILES string of the molecule is CCC(CC)C(C)(CC)OP(=O)(O)O. The van der Waals surface area contributed by atoms with Gasteiger partial charge in [0.1, 0.15) is 0 Å². The van der Waals surface area contributed by atoms with Crippen LogP contribution in [0.2, 0.25) is 0 Å². The van der Waals surface area contributed by atoms with E-state index >= 15 is 0 Å². The minimum Gasteiger partial charge on any atom is -0.303 e. The van der Waals surface area contributed by atoms with Crippen molar-refractivity contribution in [1.29, 1.82) is 0 Å². The highest BCUT2D eigenvalue weighted by Gasteiger charge is 2.37. The lowest BCUT2D eigenvalue weighted by Gasteiger charge is -2.35. The first-order valence-electron chi connectivity index (χ1n) is 5.05. The van der Waals surface area contributed by atoms with E-state index in [4.69, 9.17) is 14.3 Å². The normalized spacial score (nSPS) is 17.1. The molecule has 1 atom stereocenters. The molecule has 0 spiro atoms. The van der Waals surface area contributed by atoms with Crippen LogP contribution in [-0.4, -0.2) is 15.4 Å². The number of rotatable bonds is 6. The lowest BCUT2D eigenvalue weighted by Crippen LogP contribution is -2.35. The highest BCUT2D eigenvalue weighted by molar-refractivity contribution is 7.46. The first kappa shape index (κ1) is 14.1. The summed E-state index contributed by atoms with van der Waals surface area (Å²) in [5.41, 5.74) is -0.720. The van der Waals surface area contributed by atoms with E-state index in [1.165, 1.54) is 0 Å². The van der Waals surface area contributed by atoms with Crippen molar-refractivity contribution in [2.45, 2.75) is 52.6 Å². The van der Waals surface area contributed by atoms with Crippen LogP contribution in [0.4, 0.5) is 0 Å². The average molecular weight is 224 g/mol. The molecule has 4 nitrogen and oxygen atoms in total. The van der Waals surface area contributed by atoms with Crippen molar-refractivity contribution in [3.63, 3.8) is 0 Å². The van der Waals surface area contributed by atoms with Crippen molar-refractivity contribution >= 4 is 7.82 Å². The van der Waals surface area contributed by atoms with E-state index in [9.17, 15) is 4.57 Å². The van der Waals surface area contributed by atoms with Crippen molar-refractivity contribution in [3.8, 4) is 0 Å². The van der Waals surface area contributed by atoms with Gasteiger partial charge in [-0.3, -0.25) is 4.52 Å². The van der Waals surface area contributed by atoms with Gasteiger partial charge in [-0.15, -0.1) is 0 Å². The summed E-state index contributed by atoms with van der Waals surface area (Å²) < 4.78 is 15.7. The fourth-order valence-corrected chi connectivity index (χ4v) is 2.67. The topological polar surface area (TPSA) is 66.8 Å². The average Bonchev–Trinajstić information content (AvgIpc) is 2.03. The number of hydrogen-bond donors (Lipinski definition) is 2. The maximum absolute atomic E-state index is 10.8. The zero-order chi connectivity index (χ0) is 11.4. The van der Waals surface area contributed by atoms with Crippen molar-refractivity contribution in [2.24, 2.45) is 5.92 Å². The quantitative estimate of drug-likeness (QED) is 0.681. The molecule has 0 bridgehead atoms. The van der Waals surface area contributed by atoms with Crippen molar-refractivity contribution in [2.75, 3.05) is 0 Å². The molecule has 86 valence electrons. The molecule has 0 aliphatic heterocycles. The van der Waals surface area contributed by atoms with E-state index in [1.54, 1.807) is 6.92 Å². The lowest BCUT2D eigenvalue weighted by molar-refractivity contribution is -0.00766. The Bertz CT molecular complexity index is 209. The zero-order valence-corrected chi connectivity index (χ0v) is 10.3. The molecule has 0 fully saturated rings.